The predicted molar refractivity (Wildman–Crippen MR) is 85.1 cm³/mol. The molecule has 21 heavy (non-hydrogen) atoms. The molecular weight excluding hydrogens is 335 g/mol. The fourth-order valence-electron chi connectivity index (χ4n) is 2.00. The van der Waals surface area contributed by atoms with Gasteiger partial charge in [-0.15, -0.1) is 0 Å². The van der Waals surface area contributed by atoms with Crippen molar-refractivity contribution >= 4 is 34.8 Å². The third-order valence-corrected chi connectivity index (χ3v) is 4.17. The molecule has 0 saturated carbocycles. The third-order valence-electron chi connectivity index (χ3n) is 3.07. The maximum absolute atomic E-state index is 10.5. The molecule has 2 aromatic carbocycles. The minimum Gasteiger partial charge on any atom is -0.495 e. The zero-order chi connectivity index (χ0) is 15.6. The first-order valence-corrected chi connectivity index (χ1v) is 7.16. The molecule has 1 atom stereocenters. The summed E-state index contributed by atoms with van der Waals surface area (Å²) < 4.78 is 10.4. The maximum Gasteiger partial charge on any atom is 0.147 e. The normalized spacial score (nSPS) is 12.1. The van der Waals surface area contributed by atoms with E-state index in [9.17, 15) is 5.11 Å². The van der Waals surface area contributed by atoms with E-state index in [1.165, 1.54) is 14.2 Å². The van der Waals surface area contributed by atoms with Gasteiger partial charge in [-0.2, -0.15) is 0 Å². The molecule has 0 spiro atoms. The van der Waals surface area contributed by atoms with Gasteiger partial charge in [-0.1, -0.05) is 40.9 Å². The van der Waals surface area contributed by atoms with Crippen molar-refractivity contribution in [2.45, 2.75) is 6.10 Å². The lowest BCUT2D eigenvalue weighted by atomic mass is 10.0. The predicted octanol–water partition coefficient (Wildman–Crippen LogP) is 4.75. The summed E-state index contributed by atoms with van der Waals surface area (Å²) in [5.41, 5.74) is 1.10. The summed E-state index contributed by atoms with van der Waals surface area (Å²) >= 11 is 18.1. The molecule has 1 unspecified atom stereocenters. The summed E-state index contributed by atoms with van der Waals surface area (Å²) in [4.78, 5) is 0. The fourth-order valence-corrected chi connectivity index (χ4v) is 2.63. The van der Waals surface area contributed by atoms with Gasteiger partial charge in [-0.3, -0.25) is 0 Å². The van der Waals surface area contributed by atoms with E-state index >= 15 is 0 Å². The topological polar surface area (TPSA) is 38.7 Å². The Morgan fingerprint density at radius 2 is 1.67 bits per heavy atom. The quantitative estimate of drug-likeness (QED) is 0.867. The molecule has 0 aliphatic rings. The van der Waals surface area contributed by atoms with Gasteiger partial charge in [0.25, 0.3) is 0 Å². The molecule has 0 amide bonds. The lowest BCUT2D eigenvalue weighted by molar-refractivity contribution is 0.214. The molecule has 0 aliphatic heterocycles. The molecule has 0 bridgehead atoms. The number of methoxy groups -OCH3 is 2. The van der Waals surface area contributed by atoms with Crippen LogP contribution in [0.3, 0.4) is 0 Å². The second-order valence-corrected chi connectivity index (χ2v) is 5.47. The summed E-state index contributed by atoms with van der Waals surface area (Å²) in [5, 5.41) is 11.6. The molecule has 0 fully saturated rings. The van der Waals surface area contributed by atoms with E-state index in [-0.39, 0.29) is 0 Å². The molecule has 0 saturated heterocycles. The van der Waals surface area contributed by atoms with E-state index in [1.807, 2.05) is 0 Å². The van der Waals surface area contributed by atoms with E-state index in [0.717, 1.165) is 0 Å². The average Bonchev–Trinajstić information content (AvgIpc) is 2.49. The van der Waals surface area contributed by atoms with Crippen molar-refractivity contribution in [3.05, 3.63) is 56.5 Å². The van der Waals surface area contributed by atoms with Crippen molar-refractivity contribution in [1.29, 1.82) is 0 Å². The maximum atomic E-state index is 10.5. The van der Waals surface area contributed by atoms with Crippen LogP contribution in [0.2, 0.25) is 15.1 Å². The third kappa shape index (κ3) is 3.22. The standard InChI is InChI=1S/C15H13Cl3O3/c1-20-12-6-4-9(15(21-2)13(12)18)14(19)8-3-5-10(16)11(17)7-8/h3-7,14,19H,1-2H3. The van der Waals surface area contributed by atoms with Crippen molar-refractivity contribution in [2.75, 3.05) is 14.2 Å². The van der Waals surface area contributed by atoms with E-state index in [0.29, 0.717) is 37.7 Å². The number of rotatable bonds is 4. The van der Waals surface area contributed by atoms with Crippen molar-refractivity contribution in [3.8, 4) is 11.5 Å². The van der Waals surface area contributed by atoms with Crippen LogP contribution in [0.25, 0.3) is 0 Å². The molecule has 6 heteroatoms. The summed E-state index contributed by atoms with van der Waals surface area (Å²) in [6.45, 7) is 0. The highest BCUT2D eigenvalue weighted by Crippen LogP contribution is 2.41. The van der Waals surface area contributed by atoms with E-state index < -0.39 is 6.10 Å². The molecular formula is C15H13Cl3O3. The molecule has 112 valence electrons. The monoisotopic (exact) mass is 346 g/mol. The van der Waals surface area contributed by atoms with Gasteiger partial charge in [0.1, 0.15) is 22.6 Å². The van der Waals surface area contributed by atoms with Gasteiger partial charge in [0.15, 0.2) is 0 Å². The first-order valence-electron chi connectivity index (χ1n) is 6.03. The lowest BCUT2D eigenvalue weighted by Gasteiger charge is -2.18. The van der Waals surface area contributed by atoms with Gasteiger partial charge < -0.3 is 14.6 Å². The Bertz CT molecular complexity index is 659. The van der Waals surface area contributed by atoms with Crippen LogP contribution in [0, 0.1) is 0 Å². The Kier molecular flexibility index (Phi) is 5.22. The fraction of sp³-hybridized carbons (Fsp3) is 0.200. The highest BCUT2D eigenvalue weighted by molar-refractivity contribution is 6.42. The molecule has 2 rings (SSSR count). The Balaban J connectivity index is 2.50. The van der Waals surface area contributed by atoms with Gasteiger partial charge in [0.05, 0.1) is 24.3 Å². The van der Waals surface area contributed by atoms with Crippen LogP contribution in [0.5, 0.6) is 11.5 Å². The van der Waals surface area contributed by atoms with Crippen LogP contribution in [-0.4, -0.2) is 19.3 Å². The highest BCUT2D eigenvalue weighted by atomic mass is 35.5. The highest BCUT2D eigenvalue weighted by Gasteiger charge is 2.20. The number of hydrogen-bond acceptors (Lipinski definition) is 3. The number of benzene rings is 2. The first-order chi connectivity index (χ1) is 9.99. The van der Waals surface area contributed by atoms with Crippen LogP contribution in [-0.2, 0) is 0 Å². The minimum atomic E-state index is -0.946. The largest absolute Gasteiger partial charge is 0.495 e. The average molecular weight is 348 g/mol. The smallest absolute Gasteiger partial charge is 0.147 e. The molecule has 3 nitrogen and oxygen atoms in total. The number of ether oxygens (including phenoxy) is 2. The van der Waals surface area contributed by atoms with E-state index in [4.69, 9.17) is 44.3 Å². The zero-order valence-electron chi connectivity index (χ0n) is 11.4. The van der Waals surface area contributed by atoms with Crippen LogP contribution < -0.4 is 9.47 Å². The van der Waals surface area contributed by atoms with Gasteiger partial charge in [-0.05, 0) is 29.8 Å². The molecule has 0 aromatic heterocycles. The van der Waals surface area contributed by atoms with Crippen LogP contribution in [0.15, 0.2) is 30.3 Å². The molecule has 0 radical (unpaired) electrons. The van der Waals surface area contributed by atoms with Crippen molar-refractivity contribution in [2.24, 2.45) is 0 Å². The molecule has 0 heterocycles. The first kappa shape index (κ1) is 16.2. The van der Waals surface area contributed by atoms with Gasteiger partial charge in [0, 0.05) is 5.56 Å². The lowest BCUT2D eigenvalue weighted by Crippen LogP contribution is -2.03. The Labute approximate surface area is 138 Å². The second kappa shape index (κ2) is 6.75. The molecule has 1 N–H and O–H groups in total. The van der Waals surface area contributed by atoms with Crippen molar-refractivity contribution in [3.63, 3.8) is 0 Å². The van der Waals surface area contributed by atoms with Crippen molar-refractivity contribution in [1.82, 2.24) is 0 Å². The minimum absolute atomic E-state index is 0.302. The molecule has 2 aromatic rings. The van der Waals surface area contributed by atoms with Gasteiger partial charge >= 0.3 is 0 Å². The summed E-state index contributed by atoms with van der Waals surface area (Å²) in [5.74, 6) is 0.827. The van der Waals surface area contributed by atoms with E-state index in [1.54, 1.807) is 30.3 Å². The Morgan fingerprint density at radius 1 is 0.952 bits per heavy atom. The molecule has 0 aliphatic carbocycles. The van der Waals surface area contributed by atoms with Crippen molar-refractivity contribution < 1.29 is 14.6 Å². The summed E-state index contributed by atoms with van der Waals surface area (Å²) in [7, 11) is 2.99. The summed E-state index contributed by atoms with van der Waals surface area (Å²) in [6, 6.07) is 8.28. The van der Waals surface area contributed by atoms with E-state index in [2.05, 4.69) is 0 Å². The Hall–Kier alpha value is -1.13. The van der Waals surface area contributed by atoms with Crippen LogP contribution >= 0.6 is 34.8 Å². The number of halogens is 3. The van der Waals surface area contributed by atoms with Gasteiger partial charge in [0.2, 0.25) is 0 Å². The van der Waals surface area contributed by atoms with Crippen LogP contribution in [0.1, 0.15) is 17.2 Å². The Morgan fingerprint density at radius 3 is 2.24 bits per heavy atom. The second-order valence-electron chi connectivity index (χ2n) is 4.28. The summed E-state index contributed by atoms with van der Waals surface area (Å²) in [6.07, 6.45) is -0.946. The number of hydrogen-bond donors (Lipinski definition) is 1. The number of aliphatic hydroxyl groups is 1. The van der Waals surface area contributed by atoms with Crippen LogP contribution in [0.4, 0.5) is 0 Å². The SMILES string of the molecule is COc1ccc(C(O)c2ccc(Cl)c(Cl)c2)c(OC)c1Cl. The van der Waals surface area contributed by atoms with Gasteiger partial charge in [-0.25, -0.2) is 0 Å². The zero-order valence-corrected chi connectivity index (χ0v) is 13.6. The number of aliphatic hydroxyl groups excluding tert-OH is 1.